The van der Waals surface area contributed by atoms with Crippen LogP contribution in [0, 0.1) is 5.82 Å². The van der Waals surface area contributed by atoms with Crippen LogP contribution in [-0.2, 0) is 17.8 Å². The number of aryl methyl sites for hydroxylation is 1. The molecule has 0 atom stereocenters. The van der Waals surface area contributed by atoms with Crippen molar-refractivity contribution in [2.75, 3.05) is 7.05 Å². The fraction of sp³-hybridized carbons (Fsp3) is 0.174. The van der Waals surface area contributed by atoms with Gasteiger partial charge in [0.15, 0.2) is 0 Å². The fourth-order valence-electron chi connectivity index (χ4n) is 3.47. The van der Waals surface area contributed by atoms with Gasteiger partial charge in [0.2, 0.25) is 5.91 Å². The number of carbonyl (C=O) groups excluding carboxylic acids is 1. The van der Waals surface area contributed by atoms with Crippen molar-refractivity contribution in [2.45, 2.75) is 19.4 Å². The number of hydrogen-bond acceptors (Lipinski definition) is 2. The number of halogens is 1. The zero-order valence-corrected chi connectivity index (χ0v) is 16.4. The summed E-state index contributed by atoms with van der Waals surface area (Å²) in [4.78, 5) is 19.1. The summed E-state index contributed by atoms with van der Waals surface area (Å²) >= 11 is 1.66. The highest BCUT2D eigenvalue weighted by Gasteiger charge is 2.16. The number of nitrogens with zero attached hydrogens (tertiary/aromatic N) is 1. The van der Waals surface area contributed by atoms with Crippen LogP contribution in [0.5, 0.6) is 0 Å². The highest BCUT2D eigenvalue weighted by Crippen LogP contribution is 2.31. The Hall–Kier alpha value is -2.92. The largest absolute Gasteiger partial charge is 0.354 e. The zero-order chi connectivity index (χ0) is 19.5. The maximum atomic E-state index is 13.3. The van der Waals surface area contributed by atoms with Gasteiger partial charge in [0.05, 0.1) is 6.54 Å². The first kappa shape index (κ1) is 18.4. The molecule has 4 rings (SSSR count). The number of hydrogen-bond donors (Lipinski definition) is 1. The normalized spacial score (nSPS) is 11.1. The van der Waals surface area contributed by atoms with E-state index in [-0.39, 0.29) is 11.7 Å². The second kappa shape index (κ2) is 7.98. The Kier molecular flexibility index (Phi) is 5.26. The highest BCUT2D eigenvalue weighted by atomic mass is 32.1. The van der Waals surface area contributed by atoms with Crippen LogP contribution in [0.3, 0.4) is 0 Å². The summed E-state index contributed by atoms with van der Waals surface area (Å²) in [6.45, 7) is 0.634. The predicted octanol–water partition coefficient (Wildman–Crippen LogP) is 5.63. The first-order valence-corrected chi connectivity index (χ1v) is 10.1. The minimum atomic E-state index is -0.258. The van der Waals surface area contributed by atoms with Crippen LogP contribution in [0.1, 0.15) is 16.9 Å². The van der Waals surface area contributed by atoms with Gasteiger partial charge in [0, 0.05) is 34.9 Å². The number of fused-ring (bicyclic) bond motifs is 1. The molecule has 0 saturated heterocycles. The zero-order valence-electron chi connectivity index (χ0n) is 15.6. The number of H-pyrrole nitrogens is 1. The van der Waals surface area contributed by atoms with Crippen LogP contribution < -0.4 is 0 Å². The number of carbonyl (C=O) groups is 1. The summed E-state index contributed by atoms with van der Waals surface area (Å²) in [5.74, 6) is -0.143. The average Bonchev–Trinajstić information content (AvgIpc) is 3.34. The van der Waals surface area contributed by atoms with Crippen molar-refractivity contribution in [3.63, 3.8) is 0 Å². The highest BCUT2D eigenvalue weighted by molar-refractivity contribution is 7.09. The molecule has 0 aliphatic heterocycles. The maximum absolute atomic E-state index is 13.3. The molecule has 0 radical (unpaired) electrons. The molecule has 2 aromatic heterocycles. The molecule has 5 heteroatoms. The van der Waals surface area contributed by atoms with Gasteiger partial charge < -0.3 is 9.88 Å². The van der Waals surface area contributed by atoms with Gasteiger partial charge in [-0.25, -0.2) is 4.39 Å². The molecule has 0 fully saturated rings. The molecule has 3 nitrogen and oxygen atoms in total. The van der Waals surface area contributed by atoms with E-state index in [0.717, 1.165) is 27.7 Å². The Morgan fingerprint density at radius 2 is 1.86 bits per heavy atom. The minimum Gasteiger partial charge on any atom is -0.354 e. The number of rotatable bonds is 6. The molecule has 0 bridgehead atoms. The molecule has 0 aliphatic rings. The quantitative estimate of drug-likeness (QED) is 0.454. The lowest BCUT2D eigenvalue weighted by Gasteiger charge is -2.16. The van der Waals surface area contributed by atoms with Crippen molar-refractivity contribution < 1.29 is 9.18 Å². The van der Waals surface area contributed by atoms with Crippen molar-refractivity contribution in [3.05, 3.63) is 82.3 Å². The smallest absolute Gasteiger partial charge is 0.222 e. The van der Waals surface area contributed by atoms with Crippen LogP contribution in [0.25, 0.3) is 22.2 Å². The molecular weight excluding hydrogens is 371 g/mol. The van der Waals surface area contributed by atoms with Gasteiger partial charge in [-0.1, -0.05) is 24.3 Å². The number of nitrogens with one attached hydrogen (secondary N) is 1. The van der Waals surface area contributed by atoms with Crippen LogP contribution >= 0.6 is 11.3 Å². The summed E-state index contributed by atoms with van der Waals surface area (Å²) < 4.78 is 13.3. The van der Waals surface area contributed by atoms with Crippen LogP contribution in [0.4, 0.5) is 4.39 Å². The predicted molar refractivity (Wildman–Crippen MR) is 113 cm³/mol. The molecule has 2 aromatic carbocycles. The molecule has 0 aliphatic carbocycles. The molecule has 142 valence electrons. The van der Waals surface area contributed by atoms with Crippen LogP contribution in [-0.4, -0.2) is 22.8 Å². The molecule has 28 heavy (non-hydrogen) atoms. The Morgan fingerprint density at radius 1 is 1.07 bits per heavy atom. The van der Waals surface area contributed by atoms with Crippen molar-refractivity contribution in [1.82, 2.24) is 9.88 Å². The topological polar surface area (TPSA) is 36.1 Å². The van der Waals surface area contributed by atoms with E-state index in [4.69, 9.17) is 0 Å². The molecule has 4 aromatic rings. The van der Waals surface area contributed by atoms with Gasteiger partial charge in [-0.3, -0.25) is 4.79 Å². The standard InChI is InChI=1S/C23H21FN2OS/c1-26(15-18-5-4-14-28-18)22(27)13-12-20-19-6-2-3-7-21(19)25-23(20)16-8-10-17(24)11-9-16/h2-11,14,25H,12-13,15H2,1H3. The third-order valence-corrected chi connectivity index (χ3v) is 5.80. The van der Waals surface area contributed by atoms with E-state index in [1.54, 1.807) is 28.4 Å². The number of aromatic amines is 1. The van der Waals surface area contributed by atoms with E-state index < -0.39 is 0 Å². The molecule has 1 N–H and O–H groups in total. The summed E-state index contributed by atoms with van der Waals surface area (Å²) in [5.41, 5.74) is 4.00. The van der Waals surface area contributed by atoms with Gasteiger partial charge in [0.25, 0.3) is 0 Å². The maximum Gasteiger partial charge on any atom is 0.222 e. The van der Waals surface area contributed by atoms with E-state index in [1.807, 2.05) is 42.8 Å². The van der Waals surface area contributed by atoms with Crippen molar-refractivity contribution in [3.8, 4) is 11.3 Å². The third kappa shape index (κ3) is 3.85. The Bertz CT molecular complexity index is 1080. The second-order valence-corrected chi connectivity index (χ2v) is 7.89. The molecule has 0 saturated carbocycles. The number of aromatic nitrogens is 1. The summed E-state index contributed by atoms with van der Waals surface area (Å²) in [6.07, 6.45) is 1.06. The Labute approximate surface area is 167 Å². The molecular formula is C23H21FN2OS. The van der Waals surface area contributed by atoms with E-state index in [1.165, 1.54) is 17.0 Å². The SMILES string of the molecule is CN(Cc1cccs1)C(=O)CCc1c(-c2ccc(F)cc2)[nH]c2ccccc12. The average molecular weight is 392 g/mol. The summed E-state index contributed by atoms with van der Waals surface area (Å²) in [5, 5.41) is 3.13. The van der Waals surface area contributed by atoms with E-state index in [9.17, 15) is 9.18 Å². The fourth-order valence-corrected chi connectivity index (χ4v) is 4.23. The van der Waals surface area contributed by atoms with Gasteiger partial charge in [0.1, 0.15) is 5.82 Å². The van der Waals surface area contributed by atoms with Crippen LogP contribution in [0.2, 0.25) is 0 Å². The van der Waals surface area contributed by atoms with Gasteiger partial charge >= 0.3 is 0 Å². The lowest BCUT2D eigenvalue weighted by molar-refractivity contribution is -0.130. The lowest BCUT2D eigenvalue weighted by Crippen LogP contribution is -2.26. The molecule has 0 spiro atoms. The van der Waals surface area contributed by atoms with Crippen LogP contribution in [0.15, 0.2) is 66.0 Å². The van der Waals surface area contributed by atoms with Gasteiger partial charge in [-0.15, -0.1) is 11.3 Å². The van der Waals surface area contributed by atoms with E-state index in [2.05, 4.69) is 11.1 Å². The first-order chi connectivity index (χ1) is 13.6. The Morgan fingerprint density at radius 3 is 2.61 bits per heavy atom. The van der Waals surface area contributed by atoms with E-state index in [0.29, 0.717) is 19.4 Å². The number of benzene rings is 2. The monoisotopic (exact) mass is 392 g/mol. The summed E-state index contributed by atoms with van der Waals surface area (Å²) in [7, 11) is 1.85. The third-order valence-electron chi connectivity index (χ3n) is 4.93. The number of para-hydroxylation sites is 1. The van der Waals surface area contributed by atoms with Crippen molar-refractivity contribution in [1.29, 1.82) is 0 Å². The molecule has 2 heterocycles. The lowest BCUT2D eigenvalue weighted by atomic mass is 10.0. The minimum absolute atomic E-state index is 0.115. The number of thiophene rings is 1. The molecule has 0 unspecified atom stereocenters. The van der Waals surface area contributed by atoms with E-state index >= 15 is 0 Å². The van der Waals surface area contributed by atoms with Crippen molar-refractivity contribution >= 4 is 28.1 Å². The summed E-state index contributed by atoms with van der Waals surface area (Å²) in [6, 6.07) is 18.6. The molecule has 1 amide bonds. The first-order valence-electron chi connectivity index (χ1n) is 9.23. The number of amides is 1. The van der Waals surface area contributed by atoms with Gasteiger partial charge in [-0.05, 0) is 59.3 Å². The van der Waals surface area contributed by atoms with Crippen molar-refractivity contribution in [2.24, 2.45) is 0 Å². The van der Waals surface area contributed by atoms with Gasteiger partial charge in [-0.2, -0.15) is 0 Å². The second-order valence-electron chi connectivity index (χ2n) is 6.86. The Balaban J connectivity index is 1.58.